The van der Waals surface area contributed by atoms with Gasteiger partial charge in [0.05, 0.1) is 0 Å². The molecule has 2 aliphatic heterocycles. The molecule has 114 valence electrons. The first-order valence-corrected chi connectivity index (χ1v) is 8.02. The molecule has 0 aromatic carbocycles. The van der Waals surface area contributed by atoms with Crippen LogP contribution in [0.2, 0.25) is 0 Å². The largest absolute Gasteiger partial charge is 0.345 e. The van der Waals surface area contributed by atoms with Crippen molar-refractivity contribution in [2.45, 2.75) is 32.1 Å². The van der Waals surface area contributed by atoms with Crippen LogP contribution in [-0.4, -0.2) is 53.9 Å². The molecule has 1 amide bonds. The number of aromatic nitrogens is 1. The van der Waals surface area contributed by atoms with Crippen LogP contribution in [0.5, 0.6) is 0 Å². The maximum absolute atomic E-state index is 11.8. The van der Waals surface area contributed by atoms with E-state index >= 15 is 0 Å². The third-order valence-corrected chi connectivity index (χ3v) is 5.10. The van der Waals surface area contributed by atoms with Gasteiger partial charge in [-0.1, -0.05) is 6.07 Å². The third-order valence-electron chi connectivity index (χ3n) is 5.10. The number of amides is 1. The van der Waals surface area contributed by atoms with Gasteiger partial charge in [0.2, 0.25) is 5.91 Å². The van der Waals surface area contributed by atoms with E-state index in [2.05, 4.69) is 16.0 Å². The second-order valence-electron chi connectivity index (χ2n) is 6.73. The summed E-state index contributed by atoms with van der Waals surface area (Å²) in [7, 11) is 1.94. The lowest BCUT2D eigenvalue weighted by Gasteiger charge is -2.38. The minimum Gasteiger partial charge on any atom is -0.345 e. The van der Waals surface area contributed by atoms with Crippen molar-refractivity contribution in [3.05, 3.63) is 30.1 Å². The van der Waals surface area contributed by atoms with Gasteiger partial charge >= 0.3 is 0 Å². The molecular formula is C17H25N3O. The fraction of sp³-hybridized carbons (Fsp3) is 0.647. The fourth-order valence-electron chi connectivity index (χ4n) is 3.74. The van der Waals surface area contributed by atoms with Crippen LogP contribution >= 0.6 is 0 Å². The molecule has 0 unspecified atom stereocenters. The van der Waals surface area contributed by atoms with E-state index in [1.54, 1.807) is 0 Å². The third kappa shape index (κ3) is 3.43. The summed E-state index contributed by atoms with van der Waals surface area (Å²) in [5.74, 6) is 0.333. The van der Waals surface area contributed by atoms with E-state index in [1.165, 1.54) is 24.8 Å². The van der Waals surface area contributed by atoms with Gasteiger partial charge in [-0.25, -0.2) is 0 Å². The Kier molecular flexibility index (Phi) is 4.24. The van der Waals surface area contributed by atoms with Crippen LogP contribution in [0.25, 0.3) is 0 Å². The second kappa shape index (κ2) is 6.14. The first-order valence-electron chi connectivity index (χ1n) is 8.02. The van der Waals surface area contributed by atoms with Gasteiger partial charge in [-0.15, -0.1) is 0 Å². The van der Waals surface area contributed by atoms with Gasteiger partial charge < -0.3 is 9.80 Å². The Balaban J connectivity index is 1.41. The van der Waals surface area contributed by atoms with Crippen molar-refractivity contribution in [2.75, 3.05) is 33.2 Å². The Labute approximate surface area is 127 Å². The Morgan fingerprint density at radius 3 is 2.76 bits per heavy atom. The molecule has 2 aliphatic rings. The first-order chi connectivity index (χ1) is 10.2. The molecule has 1 aromatic heterocycles. The lowest BCUT2D eigenvalue weighted by molar-refractivity contribution is -0.126. The van der Waals surface area contributed by atoms with Crippen LogP contribution in [0.4, 0.5) is 0 Å². The SMILES string of the molecule is CN1CC2(CCN(CCCc3cccnc3)CC2)CC1=O. The van der Waals surface area contributed by atoms with Crippen molar-refractivity contribution in [1.29, 1.82) is 0 Å². The summed E-state index contributed by atoms with van der Waals surface area (Å²) in [4.78, 5) is 20.4. The molecular weight excluding hydrogens is 262 g/mol. The molecule has 0 bridgehead atoms. The van der Waals surface area contributed by atoms with Gasteiger partial charge in [-0.2, -0.15) is 0 Å². The second-order valence-corrected chi connectivity index (χ2v) is 6.73. The van der Waals surface area contributed by atoms with Crippen LogP contribution in [-0.2, 0) is 11.2 Å². The zero-order valence-corrected chi connectivity index (χ0v) is 12.9. The molecule has 0 saturated carbocycles. The van der Waals surface area contributed by atoms with Gasteiger partial charge in [0.25, 0.3) is 0 Å². The van der Waals surface area contributed by atoms with Crippen molar-refractivity contribution >= 4 is 5.91 Å². The van der Waals surface area contributed by atoms with Crippen molar-refractivity contribution in [3.63, 3.8) is 0 Å². The molecule has 3 heterocycles. The van der Waals surface area contributed by atoms with E-state index in [0.29, 0.717) is 5.91 Å². The number of piperidine rings is 1. The number of aryl methyl sites for hydroxylation is 1. The molecule has 1 aromatic rings. The molecule has 0 radical (unpaired) electrons. The normalized spacial score (nSPS) is 22.1. The number of carbonyl (C=O) groups is 1. The highest BCUT2D eigenvalue weighted by molar-refractivity contribution is 5.79. The Morgan fingerprint density at radius 1 is 1.33 bits per heavy atom. The van der Waals surface area contributed by atoms with Crippen LogP contribution < -0.4 is 0 Å². The quantitative estimate of drug-likeness (QED) is 0.849. The Morgan fingerprint density at radius 2 is 2.14 bits per heavy atom. The summed E-state index contributed by atoms with van der Waals surface area (Å²) in [6, 6.07) is 4.16. The van der Waals surface area contributed by atoms with Crippen LogP contribution in [0.1, 0.15) is 31.2 Å². The predicted octanol–water partition coefficient (Wildman–Crippen LogP) is 1.96. The standard InChI is InChI=1S/C17H25N3O/c1-19-14-17(12-16(19)21)6-10-20(11-7-17)9-3-5-15-4-2-8-18-13-15/h2,4,8,13H,3,5-7,9-12,14H2,1H3. The summed E-state index contributed by atoms with van der Waals surface area (Å²) in [6.07, 6.45) is 9.21. The number of rotatable bonds is 4. The van der Waals surface area contributed by atoms with Crippen molar-refractivity contribution in [1.82, 2.24) is 14.8 Å². The van der Waals surface area contributed by atoms with Gasteiger partial charge in [0.1, 0.15) is 0 Å². The summed E-state index contributed by atoms with van der Waals surface area (Å²) in [6.45, 7) is 4.42. The van der Waals surface area contributed by atoms with E-state index in [-0.39, 0.29) is 5.41 Å². The highest BCUT2D eigenvalue weighted by Crippen LogP contribution is 2.40. The summed E-state index contributed by atoms with van der Waals surface area (Å²) in [5.41, 5.74) is 1.61. The molecule has 2 saturated heterocycles. The highest BCUT2D eigenvalue weighted by Gasteiger charge is 2.43. The minimum atomic E-state index is 0.283. The molecule has 0 aliphatic carbocycles. The van der Waals surface area contributed by atoms with E-state index in [4.69, 9.17) is 0 Å². The monoisotopic (exact) mass is 287 g/mol. The average molecular weight is 287 g/mol. The number of pyridine rings is 1. The van der Waals surface area contributed by atoms with Crippen molar-refractivity contribution in [3.8, 4) is 0 Å². The van der Waals surface area contributed by atoms with Gasteiger partial charge in [0, 0.05) is 32.4 Å². The summed E-state index contributed by atoms with van der Waals surface area (Å²) < 4.78 is 0. The first kappa shape index (κ1) is 14.5. The zero-order valence-electron chi connectivity index (χ0n) is 12.9. The number of likely N-dealkylation sites (tertiary alicyclic amines) is 2. The van der Waals surface area contributed by atoms with E-state index in [1.807, 2.05) is 30.4 Å². The predicted molar refractivity (Wildman–Crippen MR) is 82.9 cm³/mol. The summed E-state index contributed by atoms with van der Waals surface area (Å²) in [5, 5.41) is 0. The van der Waals surface area contributed by atoms with Crippen molar-refractivity contribution < 1.29 is 4.79 Å². The number of hydrogen-bond acceptors (Lipinski definition) is 3. The maximum atomic E-state index is 11.8. The van der Waals surface area contributed by atoms with Crippen LogP contribution in [0, 0.1) is 5.41 Å². The number of hydrogen-bond donors (Lipinski definition) is 0. The summed E-state index contributed by atoms with van der Waals surface area (Å²) >= 11 is 0. The minimum absolute atomic E-state index is 0.283. The van der Waals surface area contributed by atoms with Gasteiger partial charge in [-0.3, -0.25) is 9.78 Å². The molecule has 0 N–H and O–H groups in total. The number of carbonyl (C=O) groups excluding carboxylic acids is 1. The van der Waals surface area contributed by atoms with E-state index < -0.39 is 0 Å². The molecule has 4 nitrogen and oxygen atoms in total. The van der Waals surface area contributed by atoms with Gasteiger partial charge in [-0.05, 0) is 62.4 Å². The molecule has 3 rings (SSSR count). The lowest BCUT2D eigenvalue weighted by Crippen LogP contribution is -2.41. The molecule has 21 heavy (non-hydrogen) atoms. The van der Waals surface area contributed by atoms with Gasteiger partial charge in [0.15, 0.2) is 0 Å². The molecule has 1 spiro atoms. The van der Waals surface area contributed by atoms with Crippen LogP contribution in [0.15, 0.2) is 24.5 Å². The maximum Gasteiger partial charge on any atom is 0.222 e. The fourth-order valence-corrected chi connectivity index (χ4v) is 3.74. The number of nitrogens with zero attached hydrogens (tertiary/aromatic N) is 3. The highest BCUT2D eigenvalue weighted by atomic mass is 16.2. The van der Waals surface area contributed by atoms with Crippen LogP contribution in [0.3, 0.4) is 0 Å². The average Bonchev–Trinajstić information content (AvgIpc) is 2.77. The molecule has 0 atom stereocenters. The topological polar surface area (TPSA) is 36.4 Å². The zero-order chi connectivity index (χ0) is 14.7. The van der Waals surface area contributed by atoms with Crippen molar-refractivity contribution in [2.24, 2.45) is 5.41 Å². The lowest BCUT2D eigenvalue weighted by atomic mass is 9.77. The Hall–Kier alpha value is -1.42. The smallest absolute Gasteiger partial charge is 0.222 e. The Bertz CT molecular complexity index is 480. The van der Waals surface area contributed by atoms with E-state index in [0.717, 1.165) is 39.0 Å². The molecule has 4 heteroatoms. The molecule has 2 fully saturated rings. The van der Waals surface area contributed by atoms with E-state index in [9.17, 15) is 4.79 Å².